The van der Waals surface area contributed by atoms with Crippen LogP contribution in [0, 0.1) is 0 Å². The largest absolute Gasteiger partial charge is 0.383 e. The van der Waals surface area contributed by atoms with Crippen molar-refractivity contribution in [3.63, 3.8) is 0 Å². The molecule has 0 atom stereocenters. The molecule has 3 aromatic rings. The van der Waals surface area contributed by atoms with Crippen molar-refractivity contribution in [2.24, 2.45) is 15.7 Å². The summed E-state index contributed by atoms with van der Waals surface area (Å²) in [5.41, 5.74) is 8.50. The van der Waals surface area contributed by atoms with E-state index in [1.54, 1.807) is 12.1 Å². The van der Waals surface area contributed by atoms with E-state index >= 15 is 0 Å². The first-order valence-corrected chi connectivity index (χ1v) is 7.97. The molecule has 0 radical (unpaired) electrons. The van der Waals surface area contributed by atoms with Gasteiger partial charge in [-0.3, -0.25) is 0 Å². The van der Waals surface area contributed by atoms with E-state index in [4.69, 9.17) is 28.9 Å². The highest BCUT2D eigenvalue weighted by Gasteiger charge is 2.19. The number of fused-ring (bicyclic) bond motifs is 2. The maximum Gasteiger partial charge on any atom is 0.212 e. The number of nitrogens with zero attached hydrogens (tertiary/aromatic N) is 3. The number of nitrogens with two attached hydrogens (primary N) is 1. The van der Waals surface area contributed by atoms with Crippen LogP contribution in [0.4, 0.5) is 5.13 Å². The highest BCUT2D eigenvalue weighted by Crippen LogP contribution is 2.34. The number of amidine groups is 2. The number of thiazole rings is 1. The van der Waals surface area contributed by atoms with Gasteiger partial charge < -0.3 is 5.73 Å². The average molecular weight is 347 g/mol. The van der Waals surface area contributed by atoms with Gasteiger partial charge in [0.15, 0.2) is 5.84 Å². The van der Waals surface area contributed by atoms with Crippen LogP contribution in [0.2, 0.25) is 10.0 Å². The molecule has 2 aromatic carbocycles. The molecule has 0 amide bonds. The summed E-state index contributed by atoms with van der Waals surface area (Å²) in [6.45, 7) is 0. The van der Waals surface area contributed by atoms with Crippen LogP contribution >= 0.6 is 34.5 Å². The monoisotopic (exact) mass is 346 g/mol. The Labute approximate surface area is 139 Å². The Morgan fingerprint density at radius 3 is 2.59 bits per heavy atom. The third kappa shape index (κ3) is 2.18. The number of hydrogen-bond donors (Lipinski definition) is 1. The van der Waals surface area contributed by atoms with E-state index in [-0.39, 0.29) is 0 Å². The van der Waals surface area contributed by atoms with E-state index in [2.05, 4.69) is 15.0 Å². The lowest BCUT2D eigenvalue weighted by molar-refractivity contribution is 1.39. The second kappa shape index (κ2) is 5.05. The van der Waals surface area contributed by atoms with Crippen molar-refractivity contribution < 1.29 is 0 Å². The fourth-order valence-electron chi connectivity index (χ4n) is 2.27. The zero-order chi connectivity index (χ0) is 15.3. The standard InChI is InChI=1S/C15H8Cl2N4S/c16-9-5-11-12(6-10(9)17)22-15(19-11)21-14-8-4-2-1-3-7(8)13(18)20-14/h1-6H,(H2,18,19,20,21). The fourth-order valence-corrected chi connectivity index (χ4v) is 3.52. The van der Waals surface area contributed by atoms with Crippen LogP contribution in [0.3, 0.4) is 0 Å². The summed E-state index contributed by atoms with van der Waals surface area (Å²) in [5, 5.41) is 1.58. The highest BCUT2D eigenvalue weighted by atomic mass is 35.5. The second-order valence-corrected chi connectivity index (χ2v) is 6.53. The van der Waals surface area contributed by atoms with Crippen molar-refractivity contribution in [2.75, 3.05) is 0 Å². The molecule has 1 aliphatic rings. The number of benzene rings is 2. The molecule has 2 heterocycles. The van der Waals surface area contributed by atoms with Gasteiger partial charge in [0.2, 0.25) is 5.13 Å². The van der Waals surface area contributed by atoms with Crippen LogP contribution in [0.25, 0.3) is 10.2 Å². The van der Waals surface area contributed by atoms with E-state index in [0.29, 0.717) is 26.8 Å². The fraction of sp³-hybridized carbons (Fsp3) is 0. The summed E-state index contributed by atoms with van der Waals surface area (Å²) in [6, 6.07) is 11.2. The predicted octanol–water partition coefficient (Wildman–Crippen LogP) is 4.40. The minimum absolute atomic E-state index is 0.474. The first-order chi connectivity index (χ1) is 10.6. The summed E-state index contributed by atoms with van der Waals surface area (Å²) >= 11 is 13.5. The van der Waals surface area contributed by atoms with E-state index in [0.717, 1.165) is 21.3 Å². The lowest BCUT2D eigenvalue weighted by atomic mass is 10.1. The van der Waals surface area contributed by atoms with Crippen LogP contribution in [-0.2, 0) is 0 Å². The maximum atomic E-state index is 6.03. The molecule has 4 rings (SSSR count). The van der Waals surface area contributed by atoms with Crippen LogP contribution in [0.5, 0.6) is 0 Å². The first kappa shape index (κ1) is 13.7. The zero-order valence-electron chi connectivity index (χ0n) is 11.0. The first-order valence-electron chi connectivity index (χ1n) is 6.40. The molecule has 0 unspecified atom stereocenters. The van der Waals surface area contributed by atoms with E-state index in [1.807, 2.05) is 24.3 Å². The molecule has 1 aliphatic heterocycles. The maximum absolute atomic E-state index is 6.03. The van der Waals surface area contributed by atoms with Crippen molar-refractivity contribution >= 4 is 61.6 Å². The molecule has 4 nitrogen and oxygen atoms in total. The third-order valence-electron chi connectivity index (χ3n) is 3.29. The molecule has 22 heavy (non-hydrogen) atoms. The van der Waals surface area contributed by atoms with Gasteiger partial charge >= 0.3 is 0 Å². The van der Waals surface area contributed by atoms with Gasteiger partial charge in [0.25, 0.3) is 0 Å². The summed E-state index contributed by atoms with van der Waals surface area (Å²) in [4.78, 5) is 13.3. The van der Waals surface area contributed by atoms with Gasteiger partial charge in [-0.15, -0.1) is 0 Å². The molecule has 0 saturated heterocycles. The zero-order valence-corrected chi connectivity index (χ0v) is 13.4. The van der Waals surface area contributed by atoms with Gasteiger partial charge in [0.1, 0.15) is 5.84 Å². The Bertz CT molecular complexity index is 936. The Morgan fingerprint density at radius 2 is 1.77 bits per heavy atom. The SMILES string of the molecule is NC1=NC(=Nc2nc3cc(Cl)c(Cl)cc3s2)c2ccccc21. The molecule has 108 valence electrons. The molecular weight excluding hydrogens is 339 g/mol. The minimum Gasteiger partial charge on any atom is -0.383 e. The van der Waals surface area contributed by atoms with Crippen molar-refractivity contribution in [1.29, 1.82) is 0 Å². The van der Waals surface area contributed by atoms with Gasteiger partial charge in [0.05, 0.1) is 20.3 Å². The van der Waals surface area contributed by atoms with Crippen LogP contribution in [0.1, 0.15) is 11.1 Å². The lowest BCUT2D eigenvalue weighted by Gasteiger charge is -1.96. The van der Waals surface area contributed by atoms with E-state index in [1.165, 1.54) is 11.3 Å². The quantitative estimate of drug-likeness (QED) is 0.709. The Hall–Kier alpha value is -1.95. The smallest absolute Gasteiger partial charge is 0.212 e. The van der Waals surface area contributed by atoms with Crippen molar-refractivity contribution in [2.45, 2.75) is 0 Å². The Balaban J connectivity index is 1.84. The van der Waals surface area contributed by atoms with Crippen molar-refractivity contribution in [1.82, 2.24) is 4.98 Å². The van der Waals surface area contributed by atoms with E-state index < -0.39 is 0 Å². The number of rotatable bonds is 1. The van der Waals surface area contributed by atoms with Crippen LogP contribution in [-0.4, -0.2) is 16.7 Å². The third-order valence-corrected chi connectivity index (χ3v) is 4.93. The topological polar surface area (TPSA) is 63.6 Å². The van der Waals surface area contributed by atoms with Gasteiger partial charge in [0, 0.05) is 11.1 Å². The molecular formula is C15H8Cl2N4S. The molecule has 0 spiro atoms. The van der Waals surface area contributed by atoms with Gasteiger partial charge in [-0.2, -0.15) is 4.99 Å². The minimum atomic E-state index is 0.474. The Morgan fingerprint density at radius 1 is 1.05 bits per heavy atom. The number of aromatic nitrogens is 1. The molecule has 2 N–H and O–H groups in total. The second-order valence-electron chi connectivity index (χ2n) is 4.71. The van der Waals surface area contributed by atoms with Gasteiger partial charge in [-0.25, -0.2) is 9.98 Å². The molecule has 0 aliphatic carbocycles. The molecule has 0 saturated carbocycles. The molecule has 0 fully saturated rings. The average Bonchev–Trinajstić information content (AvgIpc) is 3.02. The Kier molecular flexibility index (Phi) is 3.14. The molecule has 0 bridgehead atoms. The predicted molar refractivity (Wildman–Crippen MR) is 93.0 cm³/mol. The molecule has 7 heteroatoms. The highest BCUT2D eigenvalue weighted by molar-refractivity contribution is 7.22. The summed E-state index contributed by atoms with van der Waals surface area (Å²) in [6.07, 6.45) is 0. The van der Waals surface area contributed by atoms with Crippen LogP contribution in [0.15, 0.2) is 46.4 Å². The normalized spacial score (nSPS) is 15.4. The van der Waals surface area contributed by atoms with Gasteiger partial charge in [-0.1, -0.05) is 58.8 Å². The van der Waals surface area contributed by atoms with Gasteiger partial charge in [-0.05, 0) is 12.1 Å². The summed E-state index contributed by atoms with van der Waals surface area (Å²) < 4.78 is 0.928. The number of aliphatic imine (C=N–C) groups is 2. The summed E-state index contributed by atoms with van der Waals surface area (Å²) in [5.74, 6) is 1.05. The number of hydrogen-bond acceptors (Lipinski definition) is 4. The van der Waals surface area contributed by atoms with E-state index in [9.17, 15) is 0 Å². The summed E-state index contributed by atoms with van der Waals surface area (Å²) in [7, 11) is 0. The van der Waals surface area contributed by atoms with Crippen molar-refractivity contribution in [3.05, 3.63) is 57.6 Å². The lowest BCUT2D eigenvalue weighted by Crippen LogP contribution is -2.09. The molecule has 1 aromatic heterocycles. The number of halogens is 2. The van der Waals surface area contributed by atoms with Crippen LogP contribution < -0.4 is 5.73 Å². The van der Waals surface area contributed by atoms with Crippen molar-refractivity contribution in [3.8, 4) is 0 Å².